The minimum atomic E-state index is 0.140. The van der Waals surface area contributed by atoms with E-state index in [-0.39, 0.29) is 11.8 Å². The molecule has 0 aliphatic rings. The lowest BCUT2D eigenvalue weighted by atomic mass is 10.1. The largest absolute Gasteiger partial charge is 0.356 e. The maximum Gasteiger partial charge on any atom is 0.219 e. The first kappa shape index (κ1) is 16.9. The zero-order chi connectivity index (χ0) is 13.6. The highest BCUT2D eigenvalue weighted by atomic mass is 16.2. The Hall–Kier alpha value is -1.06. The Kier molecular flexibility index (Phi) is 11.7. The predicted octanol–water partition coefficient (Wildman–Crippen LogP) is 2.38. The van der Waals surface area contributed by atoms with Gasteiger partial charge in [-0.25, -0.2) is 0 Å². The minimum absolute atomic E-state index is 0.140. The van der Waals surface area contributed by atoms with E-state index in [1.54, 1.807) is 0 Å². The molecule has 0 unspecified atom stereocenters. The Balaban J connectivity index is 3.07. The topological polar surface area (TPSA) is 58.2 Å². The van der Waals surface area contributed by atoms with Gasteiger partial charge in [-0.1, -0.05) is 39.5 Å². The molecule has 2 N–H and O–H groups in total. The Morgan fingerprint density at radius 3 is 1.33 bits per heavy atom. The summed E-state index contributed by atoms with van der Waals surface area (Å²) in [5, 5.41) is 5.75. The fourth-order valence-electron chi connectivity index (χ4n) is 1.66. The van der Waals surface area contributed by atoms with Gasteiger partial charge in [-0.3, -0.25) is 9.59 Å². The minimum Gasteiger partial charge on any atom is -0.356 e. The first-order chi connectivity index (χ1) is 8.70. The van der Waals surface area contributed by atoms with E-state index in [9.17, 15) is 9.59 Å². The summed E-state index contributed by atoms with van der Waals surface area (Å²) in [4.78, 5) is 21.9. The number of nitrogens with one attached hydrogen (secondary N) is 2. The monoisotopic (exact) mass is 256 g/mol. The van der Waals surface area contributed by atoms with Gasteiger partial charge in [0, 0.05) is 25.9 Å². The zero-order valence-electron chi connectivity index (χ0n) is 11.9. The summed E-state index contributed by atoms with van der Waals surface area (Å²) >= 11 is 0. The van der Waals surface area contributed by atoms with Gasteiger partial charge in [0.1, 0.15) is 0 Å². The van der Waals surface area contributed by atoms with Crippen molar-refractivity contribution in [2.24, 2.45) is 0 Å². The highest BCUT2D eigenvalue weighted by Gasteiger charge is 1.97. The zero-order valence-corrected chi connectivity index (χ0v) is 11.9. The third-order valence-corrected chi connectivity index (χ3v) is 2.89. The Bertz CT molecular complexity index is 206. The molecule has 4 heteroatoms. The van der Waals surface area contributed by atoms with Crippen molar-refractivity contribution in [3.05, 3.63) is 0 Å². The van der Waals surface area contributed by atoms with Crippen LogP contribution in [-0.2, 0) is 9.59 Å². The highest BCUT2D eigenvalue weighted by molar-refractivity contribution is 5.75. The average molecular weight is 256 g/mol. The number of amides is 2. The van der Waals surface area contributed by atoms with Crippen LogP contribution in [0.25, 0.3) is 0 Å². The summed E-state index contributed by atoms with van der Waals surface area (Å²) in [7, 11) is 0. The molecule has 0 heterocycles. The average Bonchev–Trinajstić information content (AvgIpc) is 2.40. The third-order valence-electron chi connectivity index (χ3n) is 2.89. The molecule has 0 aliphatic carbocycles. The molecular weight excluding hydrogens is 228 g/mol. The molecule has 0 aromatic heterocycles. The van der Waals surface area contributed by atoms with Crippen LogP contribution in [-0.4, -0.2) is 24.9 Å². The lowest BCUT2D eigenvalue weighted by molar-refractivity contribution is -0.121. The van der Waals surface area contributed by atoms with Gasteiger partial charge >= 0.3 is 0 Å². The van der Waals surface area contributed by atoms with Crippen molar-refractivity contribution in [1.29, 1.82) is 0 Å². The van der Waals surface area contributed by atoms with Crippen LogP contribution in [0.4, 0.5) is 0 Å². The smallest absolute Gasteiger partial charge is 0.219 e. The van der Waals surface area contributed by atoms with Crippen molar-refractivity contribution < 1.29 is 9.59 Å². The molecule has 0 saturated heterocycles. The number of hydrogen-bond donors (Lipinski definition) is 2. The van der Waals surface area contributed by atoms with Gasteiger partial charge < -0.3 is 10.6 Å². The summed E-state index contributed by atoms with van der Waals surface area (Å²) < 4.78 is 0. The van der Waals surface area contributed by atoms with Gasteiger partial charge in [0.2, 0.25) is 11.8 Å². The van der Waals surface area contributed by atoms with Gasteiger partial charge in [-0.2, -0.15) is 0 Å². The summed E-state index contributed by atoms with van der Waals surface area (Å²) in [5.41, 5.74) is 0. The molecule has 0 aromatic rings. The molecule has 0 saturated carbocycles. The number of hydrogen-bond acceptors (Lipinski definition) is 2. The number of carbonyl (C=O) groups is 2. The van der Waals surface area contributed by atoms with E-state index in [4.69, 9.17) is 0 Å². The van der Waals surface area contributed by atoms with Crippen molar-refractivity contribution in [2.75, 3.05) is 13.1 Å². The number of unbranched alkanes of at least 4 members (excludes halogenated alkanes) is 5. The van der Waals surface area contributed by atoms with Crippen molar-refractivity contribution in [1.82, 2.24) is 10.6 Å². The highest BCUT2D eigenvalue weighted by Crippen LogP contribution is 2.04. The van der Waals surface area contributed by atoms with Crippen molar-refractivity contribution in [3.63, 3.8) is 0 Å². The van der Waals surface area contributed by atoms with Crippen LogP contribution in [0.15, 0.2) is 0 Å². The second-order valence-corrected chi connectivity index (χ2v) is 4.53. The molecule has 0 spiro atoms. The molecule has 4 nitrogen and oxygen atoms in total. The van der Waals surface area contributed by atoms with Gasteiger partial charge in [0.25, 0.3) is 0 Å². The third kappa shape index (κ3) is 11.4. The van der Waals surface area contributed by atoms with Crippen molar-refractivity contribution in [3.8, 4) is 0 Å². The maximum atomic E-state index is 11.0. The molecule has 0 aromatic carbocycles. The second kappa shape index (κ2) is 12.4. The van der Waals surface area contributed by atoms with Gasteiger partial charge in [-0.05, 0) is 12.8 Å². The quantitative estimate of drug-likeness (QED) is 0.558. The molecule has 0 bridgehead atoms. The first-order valence-corrected chi connectivity index (χ1v) is 7.24. The lowest BCUT2D eigenvalue weighted by Crippen LogP contribution is -2.23. The summed E-state index contributed by atoms with van der Waals surface area (Å²) in [6, 6.07) is 0. The van der Waals surface area contributed by atoms with Crippen LogP contribution < -0.4 is 10.6 Å². The molecule has 0 radical (unpaired) electrons. The van der Waals surface area contributed by atoms with Crippen LogP contribution in [0.5, 0.6) is 0 Å². The molecule has 0 rings (SSSR count). The van der Waals surface area contributed by atoms with Crippen LogP contribution in [0.1, 0.15) is 65.2 Å². The normalized spacial score (nSPS) is 10.1. The SMILES string of the molecule is CCC(=O)NCCCCCCCCNC(=O)CC. The predicted molar refractivity (Wildman–Crippen MR) is 74.3 cm³/mol. The van der Waals surface area contributed by atoms with Crippen LogP contribution in [0, 0.1) is 0 Å². The van der Waals surface area contributed by atoms with E-state index < -0.39 is 0 Å². The van der Waals surface area contributed by atoms with Gasteiger partial charge in [0.05, 0.1) is 0 Å². The van der Waals surface area contributed by atoms with Crippen molar-refractivity contribution in [2.45, 2.75) is 65.2 Å². The van der Waals surface area contributed by atoms with Crippen LogP contribution in [0.2, 0.25) is 0 Å². The molecule has 0 fully saturated rings. The molecule has 18 heavy (non-hydrogen) atoms. The van der Waals surface area contributed by atoms with E-state index in [0.29, 0.717) is 12.8 Å². The fourth-order valence-corrected chi connectivity index (χ4v) is 1.66. The standard InChI is InChI=1S/C14H28N2O2/c1-3-13(17)15-11-9-7-5-6-8-10-12-16-14(18)4-2/h3-12H2,1-2H3,(H,15,17)(H,16,18). The summed E-state index contributed by atoms with van der Waals surface area (Å²) in [6.45, 7) is 5.35. The Morgan fingerprint density at radius 1 is 0.667 bits per heavy atom. The van der Waals surface area contributed by atoms with Crippen molar-refractivity contribution >= 4 is 11.8 Å². The summed E-state index contributed by atoms with van der Waals surface area (Å²) in [6.07, 6.45) is 8.05. The Morgan fingerprint density at radius 2 is 1.00 bits per heavy atom. The van der Waals surface area contributed by atoms with E-state index in [1.165, 1.54) is 25.7 Å². The summed E-state index contributed by atoms with van der Waals surface area (Å²) in [5.74, 6) is 0.281. The molecule has 106 valence electrons. The Labute approximate surface area is 111 Å². The van der Waals surface area contributed by atoms with Gasteiger partial charge in [0.15, 0.2) is 0 Å². The number of carbonyl (C=O) groups excluding carboxylic acids is 2. The van der Waals surface area contributed by atoms with E-state index >= 15 is 0 Å². The number of rotatable bonds is 11. The van der Waals surface area contributed by atoms with Gasteiger partial charge in [-0.15, -0.1) is 0 Å². The maximum absolute atomic E-state index is 11.0. The van der Waals surface area contributed by atoms with Crippen LogP contribution >= 0.6 is 0 Å². The second-order valence-electron chi connectivity index (χ2n) is 4.53. The van der Waals surface area contributed by atoms with E-state index in [0.717, 1.165) is 25.9 Å². The van der Waals surface area contributed by atoms with E-state index in [2.05, 4.69) is 10.6 Å². The molecular formula is C14H28N2O2. The fraction of sp³-hybridized carbons (Fsp3) is 0.857. The first-order valence-electron chi connectivity index (χ1n) is 7.24. The molecule has 0 aliphatic heterocycles. The lowest BCUT2D eigenvalue weighted by Gasteiger charge is -2.04. The molecule has 0 atom stereocenters. The van der Waals surface area contributed by atoms with Crippen LogP contribution in [0.3, 0.4) is 0 Å². The molecule has 2 amide bonds. The van der Waals surface area contributed by atoms with E-state index in [1.807, 2.05) is 13.8 Å².